The van der Waals surface area contributed by atoms with E-state index in [1.54, 1.807) is 49.4 Å². The number of H-pyrrole nitrogens is 1. The summed E-state index contributed by atoms with van der Waals surface area (Å²) in [6, 6.07) is 16.2. The van der Waals surface area contributed by atoms with Crippen LogP contribution in [0, 0.1) is 6.92 Å². The zero-order chi connectivity index (χ0) is 26.9. The smallest absolute Gasteiger partial charge is 0.355 e. The van der Waals surface area contributed by atoms with E-state index in [1.165, 1.54) is 24.3 Å². The molecule has 4 rings (SSSR count). The number of aromatic nitrogens is 1. The average Bonchev–Trinajstić information content (AvgIpc) is 3.21. The van der Waals surface area contributed by atoms with Crippen molar-refractivity contribution in [1.82, 2.24) is 4.98 Å². The lowest BCUT2D eigenvalue weighted by atomic mass is 10.0. The van der Waals surface area contributed by atoms with E-state index in [4.69, 9.17) is 39.5 Å². The molecule has 1 heterocycles. The normalized spacial score (nSPS) is 12.1. The number of ether oxygens (including phenoxy) is 1. The maximum absolute atomic E-state index is 13.6. The molecule has 0 unspecified atom stereocenters. The van der Waals surface area contributed by atoms with Crippen molar-refractivity contribution in [1.29, 1.82) is 0 Å². The number of aryl methyl sites for hydroxylation is 1. The number of aromatic amines is 1. The standard InChI is InChI=1S/C27H20Cl3NO5S/c1-3-36-27(33)24-19(13-18(26(30)32)16-7-5-4-6-8-16)22-21(31-24)14-20(28)25(23(22)29)37(34,35)17-11-9-15(2)10-12-17/h4-14,31H,3H2,1-2H3/b18-13-. The first-order chi connectivity index (χ1) is 17.6. The predicted octanol–water partition coefficient (Wildman–Crippen LogP) is 7.10. The van der Waals surface area contributed by atoms with Gasteiger partial charge in [0.15, 0.2) is 0 Å². The van der Waals surface area contributed by atoms with Gasteiger partial charge in [0, 0.05) is 22.0 Å². The van der Waals surface area contributed by atoms with Gasteiger partial charge in [-0.2, -0.15) is 0 Å². The second-order valence-corrected chi connectivity index (χ2v) is 11.1. The van der Waals surface area contributed by atoms with Gasteiger partial charge in [-0.15, -0.1) is 0 Å². The van der Waals surface area contributed by atoms with Crippen LogP contribution in [-0.4, -0.2) is 31.2 Å². The van der Waals surface area contributed by atoms with Crippen molar-refractivity contribution >= 4 is 78.4 Å². The Balaban J connectivity index is 2.08. The minimum absolute atomic E-state index is 0.000375. The van der Waals surface area contributed by atoms with Crippen LogP contribution < -0.4 is 0 Å². The van der Waals surface area contributed by atoms with Gasteiger partial charge in [0.2, 0.25) is 9.84 Å². The Bertz CT molecular complexity index is 1660. The minimum atomic E-state index is -4.15. The van der Waals surface area contributed by atoms with Crippen molar-refractivity contribution in [3.05, 3.63) is 93.1 Å². The van der Waals surface area contributed by atoms with E-state index in [1.807, 2.05) is 6.92 Å². The van der Waals surface area contributed by atoms with Crippen LogP contribution >= 0.6 is 34.8 Å². The maximum Gasteiger partial charge on any atom is 0.355 e. The zero-order valence-corrected chi connectivity index (χ0v) is 22.7. The number of carbonyl (C=O) groups is 2. The molecule has 0 aliphatic rings. The summed E-state index contributed by atoms with van der Waals surface area (Å²) in [5.41, 5.74) is 1.82. The third-order valence-electron chi connectivity index (χ3n) is 5.64. The van der Waals surface area contributed by atoms with E-state index in [2.05, 4.69) is 4.98 Å². The van der Waals surface area contributed by atoms with Crippen LogP contribution in [0.2, 0.25) is 10.0 Å². The number of carbonyl (C=O) groups excluding carboxylic acids is 2. The van der Waals surface area contributed by atoms with Gasteiger partial charge in [-0.05, 0) is 55.3 Å². The Hall–Kier alpha value is -3.10. The summed E-state index contributed by atoms with van der Waals surface area (Å²) in [5, 5.41) is -0.961. The highest BCUT2D eigenvalue weighted by Gasteiger charge is 2.30. The second-order valence-electron chi connectivity index (χ2n) is 8.07. The van der Waals surface area contributed by atoms with E-state index >= 15 is 0 Å². The minimum Gasteiger partial charge on any atom is -0.461 e. The maximum atomic E-state index is 13.6. The molecule has 0 bridgehead atoms. The van der Waals surface area contributed by atoms with Crippen LogP contribution in [-0.2, 0) is 19.4 Å². The molecule has 0 saturated heterocycles. The van der Waals surface area contributed by atoms with Gasteiger partial charge in [0.05, 0.1) is 21.5 Å². The summed E-state index contributed by atoms with van der Waals surface area (Å²) in [7, 11) is -4.15. The fraction of sp³-hybridized carbons (Fsp3) is 0.111. The summed E-state index contributed by atoms with van der Waals surface area (Å²) >= 11 is 19.1. The summed E-state index contributed by atoms with van der Waals surface area (Å²) in [5.74, 6) is -0.727. The van der Waals surface area contributed by atoms with Gasteiger partial charge < -0.3 is 9.72 Å². The lowest BCUT2D eigenvalue weighted by molar-refractivity contribution is -0.106. The molecule has 0 radical (unpaired) electrons. The lowest BCUT2D eigenvalue weighted by Crippen LogP contribution is -2.07. The van der Waals surface area contributed by atoms with Crippen molar-refractivity contribution in [2.24, 2.45) is 0 Å². The molecule has 10 heteroatoms. The van der Waals surface area contributed by atoms with E-state index in [0.717, 1.165) is 5.56 Å². The highest BCUT2D eigenvalue weighted by Crippen LogP contribution is 2.42. The van der Waals surface area contributed by atoms with Crippen LogP contribution in [0.3, 0.4) is 0 Å². The molecule has 0 aliphatic carbocycles. The molecule has 0 amide bonds. The molecular formula is C27H20Cl3NO5S. The Kier molecular flexibility index (Phi) is 7.80. The second kappa shape index (κ2) is 10.7. The van der Waals surface area contributed by atoms with Crippen molar-refractivity contribution < 1.29 is 22.7 Å². The number of rotatable bonds is 7. The van der Waals surface area contributed by atoms with Crippen LogP contribution in [0.1, 0.15) is 34.1 Å². The van der Waals surface area contributed by atoms with E-state index in [9.17, 15) is 18.0 Å². The van der Waals surface area contributed by atoms with Crippen LogP contribution in [0.5, 0.6) is 0 Å². The molecule has 0 fully saturated rings. The molecule has 0 aliphatic heterocycles. The Labute approximate surface area is 228 Å². The molecule has 6 nitrogen and oxygen atoms in total. The first kappa shape index (κ1) is 26.9. The quantitative estimate of drug-likeness (QED) is 0.144. The van der Waals surface area contributed by atoms with Gasteiger partial charge in [-0.25, -0.2) is 13.2 Å². The first-order valence-corrected chi connectivity index (χ1v) is 13.7. The number of benzene rings is 3. The van der Waals surface area contributed by atoms with Crippen molar-refractivity contribution in [3.8, 4) is 0 Å². The number of nitrogens with one attached hydrogen (secondary N) is 1. The Morgan fingerprint density at radius 2 is 1.68 bits per heavy atom. The Morgan fingerprint density at radius 1 is 1.03 bits per heavy atom. The van der Waals surface area contributed by atoms with Crippen molar-refractivity contribution in [3.63, 3.8) is 0 Å². The summed E-state index contributed by atoms with van der Waals surface area (Å²) in [4.78, 5) is 27.9. The summed E-state index contributed by atoms with van der Waals surface area (Å²) in [6.07, 6.45) is 1.39. The lowest BCUT2D eigenvalue weighted by Gasteiger charge is -2.11. The first-order valence-electron chi connectivity index (χ1n) is 11.1. The molecule has 190 valence electrons. The van der Waals surface area contributed by atoms with Crippen LogP contribution in [0.25, 0.3) is 22.6 Å². The molecule has 1 N–H and O–H groups in total. The van der Waals surface area contributed by atoms with E-state index < -0.39 is 21.0 Å². The monoisotopic (exact) mass is 575 g/mol. The molecule has 0 spiro atoms. The average molecular weight is 577 g/mol. The highest BCUT2D eigenvalue weighted by molar-refractivity contribution is 7.91. The largest absolute Gasteiger partial charge is 0.461 e. The van der Waals surface area contributed by atoms with Gasteiger partial charge >= 0.3 is 5.97 Å². The molecule has 0 atom stereocenters. The number of hydrogen-bond acceptors (Lipinski definition) is 5. The molecule has 3 aromatic carbocycles. The van der Waals surface area contributed by atoms with Gasteiger partial charge in [-0.3, -0.25) is 4.79 Å². The molecule has 4 aromatic rings. The highest BCUT2D eigenvalue weighted by atomic mass is 35.5. The SMILES string of the molecule is CCOC(=O)c1[nH]c2cc(Cl)c(S(=O)(=O)c3ccc(C)cc3)c(Cl)c2c1/C=C(\C(=O)Cl)c1ccccc1. The predicted molar refractivity (Wildman–Crippen MR) is 146 cm³/mol. The summed E-state index contributed by atoms with van der Waals surface area (Å²) < 4.78 is 32.3. The molecular weight excluding hydrogens is 557 g/mol. The number of hydrogen-bond donors (Lipinski definition) is 1. The van der Waals surface area contributed by atoms with Crippen LogP contribution in [0.4, 0.5) is 0 Å². The van der Waals surface area contributed by atoms with Crippen molar-refractivity contribution in [2.45, 2.75) is 23.6 Å². The van der Waals surface area contributed by atoms with Gasteiger partial charge in [0.25, 0.3) is 5.24 Å². The fourth-order valence-corrected chi connectivity index (χ4v) is 6.61. The number of halogens is 3. The van der Waals surface area contributed by atoms with E-state index in [0.29, 0.717) is 5.56 Å². The topological polar surface area (TPSA) is 93.3 Å². The zero-order valence-electron chi connectivity index (χ0n) is 19.6. The summed E-state index contributed by atoms with van der Waals surface area (Å²) in [6.45, 7) is 3.56. The third-order valence-corrected chi connectivity index (χ3v) is 8.60. The van der Waals surface area contributed by atoms with Gasteiger partial charge in [-0.1, -0.05) is 71.2 Å². The molecule has 1 aromatic heterocycles. The van der Waals surface area contributed by atoms with Gasteiger partial charge in [0.1, 0.15) is 10.6 Å². The number of fused-ring (bicyclic) bond motifs is 1. The third kappa shape index (κ3) is 5.18. The molecule has 37 heavy (non-hydrogen) atoms. The Morgan fingerprint density at radius 3 is 2.27 bits per heavy atom. The van der Waals surface area contributed by atoms with Crippen LogP contribution in [0.15, 0.2) is 70.5 Å². The van der Waals surface area contributed by atoms with Crippen molar-refractivity contribution in [2.75, 3.05) is 6.61 Å². The number of sulfone groups is 1. The molecule has 0 saturated carbocycles. The fourth-order valence-electron chi connectivity index (χ4n) is 3.90. The van der Waals surface area contributed by atoms with E-state index in [-0.39, 0.29) is 54.2 Å². The number of allylic oxidation sites excluding steroid dienone is 1. The number of esters is 1.